The van der Waals surface area contributed by atoms with Gasteiger partial charge in [-0.15, -0.1) is 11.3 Å². The van der Waals surface area contributed by atoms with Crippen LogP contribution in [0.4, 0.5) is 16.4 Å². The summed E-state index contributed by atoms with van der Waals surface area (Å²) in [4.78, 5) is 25.7. The number of nitrogens with zero attached hydrogens (tertiary/aromatic N) is 5. The van der Waals surface area contributed by atoms with Gasteiger partial charge in [-0.25, -0.2) is 19.7 Å². The second kappa shape index (κ2) is 7.10. The van der Waals surface area contributed by atoms with E-state index in [9.17, 15) is 9.90 Å². The summed E-state index contributed by atoms with van der Waals surface area (Å²) >= 11 is 1.48. The maximum Gasteiger partial charge on any atom is 0.407 e. The van der Waals surface area contributed by atoms with Gasteiger partial charge in [-0.3, -0.25) is 5.10 Å². The fourth-order valence-corrected chi connectivity index (χ4v) is 4.49. The molecule has 3 aromatic rings. The first-order valence-corrected chi connectivity index (χ1v) is 9.78. The molecule has 4 rings (SSSR count). The van der Waals surface area contributed by atoms with Crippen LogP contribution in [0, 0.1) is 0 Å². The molecule has 3 heterocycles. The summed E-state index contributed by atoms with van der Waals surface area (Å²) in [5, 5.41) is 20.1. The molecule has 1 aliphatic rings. The Morgan fingerprint density at radius 1 is 1.37 bits per heavy atom. The van der Waals surface area contributed by atoms with E-state index < -0.39 is 6.09 Å². The Kier molecular flexibility index (Phi) is 4.65. The minimum Gasteiger partial charge on any atom is -0.465 e. The average molecular weight is 387 g/mol. The van der Waals surface area contributed by atoms with E-state index in [1.54, 1.807) is 10.4 Å². The molecule has 0 aromatic carbocycles. The number of aromatic amines is 1. The molecule has 10 heteroatoms. The van der Waals surface area contributed by atoms with Crippen molar-refractivity contribution in [2.45, 2.75) is 51.1 Å². The number of rotatable bonds is 5. The number of fused-ring (bicyclic) bond motifs is 1. The Labute approximate surface area is 159 Å². The monoisotopic (exact) mass is 387 g/mol. The quantitative estimate of drug-likeness (QED) is 0.612. The zero-order valence-corrected chi connectivity index (χ0v) is 15.9. The van der Waals surface area contributed by atoms with Crippen molar-refractivity contribution in [2.75, 3.05) is 5.32 Å². The van der Waals surface area contributed by atoms with Gasteiger partial charge in [-0.05, 0) is 33.1 Å². The van der Waals surface area contributed by atoms with Crippen molar-refractivity contribution in [2.24, 2.45) is 0 Å². The number of hydrogen-bond acceptors (Lipinski definition) is 7. The van der Waals surface area contributed by atoms with E-state index in [0.717, 1.165) is 29.7 Å². The summed E-state index contributed by atoms with van der Waals surface area (Å²) in [5.74, 6) is 1.63. The highest BCUT2D eigenvalue weighted by Gasteiger charge is 2.34. The predicted molar refractivity (Wildman–Crippen MR) is 102 cm³/mol. The number of hydrogen-bond donors (Lipinski definition) is 3. The molecule has 3 aromatic heterocycles. The molecule has 1 aliphatic carbocycles. The molecular weight excluding hydrogens is 366 g/mol. The standard InChI is InChI=1S/C17H21N7O2S/c1-9(2)24(17(25)26)11-4-3-10(5-11)12-6-13(23-22-12)21-16-14-15(18-7-19-16)20-8-27-14/h6-11H,3-5H2,1-2H3,(H,25,26)(H2,18,19,21,22,23)/t10-,11+/m0/s1. The number of carbonyl (C=O) groups is 1. The van der Waals surface area contributed by atoms with E-state index in [4.69, 9.17) is 0 Å². The number of amides is 1. The Hall–Kier alpha value is -2.75. The van der Waals surface area contributed by atoms with Crippen molar-refractivity contribution >= 4 is 39.4 Å². The summed E-state index contributed by atoms with van der Waals surface area (Å²) in [7, 11) is 0. The lowest BCUT2D eigenvalue weighted by Crippen LogP contribution is -2.42. The maximum absolute atomic E-state index is 11.5. The van der Waals surface area contributed by atoms with Gasteiger partial charge in [0.2, 0.25) is 0 Å². The van der Waals surface area contributed by atoms with Gasteiger partial charge < -0.3 is 15.3 Å². The SMILES string of the molecule is CC(C)N(C(=O)O)[C@@H]1CC[C@H](c2cc(Nc3ncnc4ncsc34)n[nH]2)C1. The summed E-state index contributed by atoms with van der Waals surface area (Å²) in [5.41, 5.74) is 3.42. The molecule has 0 aliphatic heterocycles. The molecule has 2 atom stereocenters. The van der Waals surface area contributed by atoms with Crippen LogP contribution >= 0.6 is 11.3 Å². The van der Waals surface area contributed by atoms with E-state index in [1.807, 2.05) is 19.9 Å². The second-order valence-electron chi connectivity index (χ2n) is 7.01. The second-order valence-corrected chi connectivity index (χ2v) is 7.86. The zero-order valence-electron chi connectivity index (χ0n) is 15.1. The lowest BCUT2D eigenvalue weighted by atomic mass is 10.0. The van der Waals surface area contributed by atoms with Crippen LogP contribution in [-0.2, 0) is 0 Å². The predicted octanol–water partition coefficient (Wildman–Crippen LogP) is 3.58. The highest BCUT2D eigenvalue weighted by Crippen LogP contribution is 2.37. The van der Waals surface area contributed by atoms with Gasteiger partial charge in [0, 0.05) is 29.8 Å². The Morgan fingerprint density at radius 3 is 3.00 bits per heavy atom. The first kappa shape index (κ1) is 17.7. The molecule has 142 valence electrons. The van der Waals surface area contributed by atoms with Crippen LogP contribution in [0.5, 0.6) is 0 Å². The minimum atomic E-state index is -0.847. The lowest BCUT2D eigenvalue weighted by Gasteiger charge is -2.30. The van der Waals surface area contributed by atoms with Crippen molar-refractivity contribution in [3.63, 3.8) is 0 Å². The topological polar surface area (TPSA) is 120 Å². The third-order valence-corrected chi connectivity index (χ3v) is 5.81. The molecule has 1 fully saturated rings. The van der Waals surface area contributed by atoms with Crippen LogP contribution < -0.4 is 5.32 Å². The number of H-pyrrole nitrogens is 1. The van der Waals surface area contributed by atoms with Crippen molar-refractivity contribution in [1.82, 2.24) is 30.0 Å². The minimum absolute atomic E-state index is 0.0233. The molecule has 3 N–H and O–H groups in total. The van der Waals surface area contributed by atoms with Crippen molar-refractivity contribution in [3.05, 3.63) is 23.6 Å². The van der Waals surface area contributed by atoms with E-state index in [-0.39, 0.29) is 18.0 Å². The van der Waals surface area contributed by atoms with Gasteiger partial charge in [0.15, 0.2) is 17.3 Å². The molecule has 27 heavy (non-hydrogen) atoms. The first-order chi connectivity index (χ1) is 13.0. The van der Waals surface area contributed by atoms with E-state index in [2.05, 4.69) is 30.5 Å². The van der Waals surface area contributed by atoms with Crippen LogP contribution in [-0.4, -0.2) is 53.3 Å². The molecule has 0 saturated heterocycles. The smallest absolute Gasteiger partial charge is 0.407 e. The third-order valence-electron chi connectivity index (χ3n) is 4.99. The fourth-order valence-electron chi connectivity index (χ4n) is 3.81. The van der Waals surface area contributed by atoms with Gasteiger partial charge in [0.05, 0.1) is 5.51 Å². The molecule has 0 bridgehead atoms. The van der Waals surface area contributed by atoms with Crippen molar-refractivity contribution < 1.29 is 9.90 Å². The van der Waals surface area contributed by atoms with E-state index >= 15 is 0 Å². The Balaban J connectivity index is 1.47. The van der Waals surface area contributed by atoms with Crippen LogP contribution in [0.25, 0.3) is 10.3 Å². The highest BCUT2D eigenvalue weighted by atomic mass is 32.1. The van der Waals surface area contributed by atoms with Crippen LogP contribution in [0.15, 0.2) is 17.9 Å². The first-order valence-electron chi connectivity index (χ1n) is 8.90. The molecule has 1 saturated carbocycles. The molecule has 0 radical (unpaired) electrons. The maximum atomic E-state index is 11.5. The summed E-state index contributed by atoms with van der Waals surface area (Å²) in [6, 6.07) is 2.00. The lowest BCUT2D eigenvalue weighted by molar-refractivity contribution is 0.108. The number of aromatic nitrogens is 5. The summed E-state index contributed by atoms with van der Waals surface area (Å²) in [6.45, 7) is 3.84. The molecule has 1 amide bonds. The number of anilines is 2. The van der Waals surface area contributed by atoms with Gasteiger partial charge in [0.1, 0.15) is 11.0 Å². The molecule has 0 spiro atoms. The highest BCUT2D eigenvalue weighted by molar-refractivity contribution is 7.17. The fraction of sp³-hybridized carbons (Fsp3) is 0.471. The Morgan fingerprint density at radius 2 is 2.22 bits per heavy atom. The van der Waals surface area contributed by atoms with E-state index in [1.165, 1.54) is 17.7 Å². The molecule has 0 unspecified atom stereocenters. The van der Waals surface area contributed by atoms with E-state index in [0.29, 0.717) is 17.3 Å². The van der Waals surface area contributed by atoms with Gasteiger partial charge in [-0.2, -0.15) is 5.10 Å². The van der Waals surface area contributed by atoms with Gasteiger partial charge >= 0.3 is 6.09 Å². The molecule has 9 nitrogen and oxygen atoms in total. The number of thiazole rings is 1. The Bertz CT molecular complexity index is 954. The van der Waals surface area contributed by atoms with Crippen LogP contribution in [0.2, 0.25) is 0 Å². The third kappa shape index (κ3) is 3.44. The largest absolute Gasteiger partial charge is 0.465 e. The molecular formula is C17H21N7O2S. The van der Waals surface area contributed by atoms with Gasteiger partial charge in [-0.1, -0.05) is 0 Å². The van der Waals surface area contributed by atoms with Crippen molar-refractivity contribution in [3.8, 4) is 0 Å². The summed E-state index contributed by atoms with van der Waals surface area (Å²) < 4.78 is 0.886. The van der Waals surface area contributed by atoms with Crippen LogP contribution in [0.3, 0.4) is 0 Å². The number of nitrogens with one attached hydrogen (secondary N) is 2. The number of carboxylic acid groups (broad SMARTS) is 1. The normalized spacial score (nSPS) is 19.7. The summed E-state index contributed by atoms with van der Waals surface area (Å²) in [6.07, 6.45) is 3.24. The van der Waals surface area contributed by atoms with Gasteiger partial charge in [0.25, 0.3) is 0 Å². The average Bonchev–Trinajstić information content (AvgIpc) is 3.34. The van der Waals surface area contributed by atoms with Crippen LogP contribution in [0.1, 0.15) is 44.7 Å². The zero-order chi connectivity index (χ0) is 19.0. The van der Waals surface area contributed by atoms with Crippen molar-refractivity contribution in [1.29, 1.82) is 0 Å².